The maximum atomic E-state index is 2.53. The van der Waals surface area contributed by atoms with E-state index in [4.69, 9.17) is 0 Å². The summed E-state index contributed by atoms with van der Waals surface area (Å²) in [6.07, 6.45) is 4.74. The van der Waals surface area contributed by atoms with Gasteiger partial charge in [0, 0.05) is 0 Å². The van der Waals surface area contributed by atoms with Crippen molar-refractivity contribution < 1.29 is 0 Å². The van der Waals surface area contributed by atoms with Crippen LogP contribution in [-0.4, -0.2) is 41.2 Å². The van der Waals surface area contributed by atoms with E-state index in [-0.39, 0.29) is 72.9 Å². The maximum Gasteiger partial charge on any atom is -0.00547 e. The van der Waals surface area contributed by atoms with Crippen molar-refractivity contribution >= 4 is 31.7 Å². The molecule has 0 unspecified atom stereocenters. The second-order valence-electron chi connectivity index (χ2n) is 23.6. The molecule has 298 valence electrons. The van der Waals surface area contributed by atoms with Gasteiger partial charge >= 0.3 is 0 Å². The van der Waals surface area contributed by atoms with E-state index in [1.165, 1.54) is 35.8 Å². The molecule has 0 aliphatic rings. The predicted octanol–water partition coefficient (Wildman–Crippen LogP) is 17.7. The quantitative estimate of drug-likeness (QED) is 0.222. The Kier molecular flexibility index (Phi) is 15.4. The Balaban J connectivity index is 3.19. The van der Waals surface area contributed by atoms with Gasteiger partial charge in [-0.3, -0.25) is 0 Å². The third-order valence-corrected chi connectivity index (χ3v) is 26.1. The molecular formula is C48H86P4. The van der Waals surface area contributed by atoms with E-state index in [1.807, 2.05) is 0 Å². The minimum Gasteiger partial charge on any atom is -0.0911 e. The molecule has 0 atom stereocenters. The van der Waals surface area contributed by atoms with Crippen LogP contribution in [0.5, 0.6) is 0 Å². The molecule has 0 saturated heterocycles. The Morgan fingerprint density at radius 2 is 0.481 bits per heavy atom. The summed E-state index contributed by atoms with van der Waals surface area (Å²) >= 11 is 0. The summed E-state index contributed by atoms with van der Waals surface area (Å²) in [4.78, 5) is 0. The Morgan fingerprint density at radius 3 is 0.673 bits per heavy atom. The zero-order chi connectivity index (χ0) is 40.8. The zero-order valence-electron chi connectivity index (χ0n) is 39.1. The lowest BCUT2D eigenvalue weighted by molar-refractivity contribution is 0.699. The summed E-state index contributed by atoms with van der Waals surface area (Å²) in [6, 6.07) is 15.0. The molecule has 0 nitrogen and oxygen atoms in total. The normalized spacial score (nSPS) is 14.8. The van der Waals surface area contributed by atoms with E-state index >= 15 is 0 Å². The van der Waals surface area contributed by atoms with Crippen molar-refractivity contribution in [2.45, 2.75) is 232 Å². The lowest BCUT2D eigenvalue weighted by Crippen LogP contribution is -2.28. The van der Waals surface area contributed by atoms with Crippen LogP contribution in [0, 0.1) is 0 Å². The molecule has 0 aliphatic heterocycles. The standard InChI is InChI=1S/C48H86P4/c1-41(2,3)49(42(4,5)6)31-35-27-25-29-37(39(35)33-51(45(13,14)15)46(16,17)18)38-30-26-28-36(32-50(43(7,8)9)44(10,11)12)40(38)34-52(47(19,20)21)48(22,23)24/h25-30H,31-34H2,1-24H3. The van der Waals surface area contributed by atoms with Crippen molar-refractivity contribution in [2.75, 3.05) is 0 Å². The van der Waals surface area contributed by atoms with Gasteiger partial charge in [-0.25, -0.2) is 0 Å². The molecule has 0 aromatic heterocycles. The molecular weight excluding hydrogens is 700 g/mol. The van der Waals surface area contributed by atoms with E-state index in [1.54, 1.807) is 22.3 Å². The largest absolute Gasteiger partial charge is 0.0911 e. The van der Waals surface area contributed by atoms with Crippen LogP contribution in [0.3, 0.4) is 0 Å². The number of rotatable bonds is 9. The van der Waals surface area contributed by atoms with Gasteiger partial charge < -0.3 is 0 Å². The average molecular weight is 787 g/mol. The van der Waals surface area contributed by atoms with Gasteiger partial charge in [-0.15, -0.1) is 0 Å². The van der Waals surface area contributed by atoms with Crippen LogP contribution < -0.4 is 0 Å². The van der Waals surface area contributed by atoms with Crippen LogP contribution in [0.1, 0.15) is 188 Å². The van der Waals surface area contributed by atoms with Crippen LogP contribution in [0.4, 0.5) is 0 Å². The Morgan fingerprint density at radius 1 is 0.288 bits per heavy atom. The smallest absolute Gasteiger partial charge is 0.00547 e. The van der Waals surface area contributed by atoms with Gasteiger partial charge in [-0.05, 0) is 99.3 Å². The van der Waals surface area contributed by atoms with Crippen LogP contribution in [0.15, 0.2) is 36.4 Å². The first-order valence-corrected chi connectivity index (χ1v) is 26.3. The lowest BCUT2D eigenvalue weighted by atomic mass is 9.92. The highest BCUT2D eigenvalue weighted by molar-refractivity contribution is 7.61. The second kappa shape index (κ2) is 16.6. The minimum atomic E-state index is -0.324. The van der Waals surface area contributed by atoms with Gasteiger partial charge in [-0.2, -0.15) is 0 Å². The molecule has 2 aromatic carbocycles. The fourth-order valence-corrected chi connectivity index (χ4v) is 23.5. The van der Waals surface area contributed by atoms with Gasteiger partial charge in [0.1, 0.15) is 0 Å². The predicted molar refractivity (Wildman–Crippen MR) is 252 cm³/mol. The maximum absolute atomic E-state index is 2.53. The molecule has 0 N–H and O–H groups in total. The first-order chi connectivity index (χ1) is 22.9. The van der Waals surface area contributed by atoms with Gasteiger partial charge in [-0.1, -0.05) is 234 Å². The third-order valence-electron chi connectivity index (χ3n) is 10.6. The monoisotopic (exact) mass is 787 g/mol. The molecule has 4 heteroatoms. The fraction of sp³-hybridized carbons (Fsp3) is 0.750. The summed E-state index contributed by atoms with van der Waals surface area (Å²) in [7, 11) is -1.21. The SMILES string of the molecule is CC(C)(C)P(Cc1cccc(-c2cccc(CP(C(C)(C)C)C(C)(C)C)c2CP(C(C)(C)C)C(C)(C)C)c1CP(C(C)(C)C)C(C)(C)C)C(C)(C)C. The molecule has 2 aromatic rings. The Hall–Kier alpha value is 0.160. The summed E-state index contributed by atoms with van der Waals surface area (Å²) in [6.45, 7) is 60.1. The molecule has 0 bridgehead atoms. The van der Waals surface area contributed by atoms with E-state index in [9.17, 15) is 0 Å². The highest BCUT2D eigenvalue weighted by Crippen LogP contribution is 2.67. The molecule has 0 saturated carbocycles. The first-order valence-electron chi connectivity index (χ1n) is 20.2. The highest BCUT2D eigenvalue weighted by Gasteiger charge is 2.40. The van der Waals surface area contributed by atoms with Crippen LogP contribution in [0.25, 0.3) is 11.1 Å². The minimum absolute atomic E-state index is 0.253. The van der Waals surface area contributed by atoms with Gasteiger partial charge in [0.25, 0.3) is 0 Å². The van der Waals surface area contributed by atoms with Crippen molar-refractivity contribution in [1.82, 2.24) is 0 Å². The summed E-state index contributed by atoms with van der Waals surface area (Å²) in [5, 5.41) is 2.11. The molecule has 0 spiro atoms. The molecule has 0 radical (unpaired) electrons. The second-order valence-corrected chi connectivity index (χ2v) is 39.0. The molecule has 0 heterocycles. The van der Waals surface area contributed by atoms with E-state index < -0.39 is 0 Å². The topological polar surface area (TPSA) is 0 Å². The van der Waals surface area contributed by atoms with Gasteiger partial charge in [0.05, 0.1) is 0 Å². The number of benzene rings is 2. The van der Waals surface area contributed by atoms with Crippen molar-refractivity contribution in [1.29, 1.82) is 0 Å². The fourth-order valence-electron chi connectivity index (χ4n) is 9.02. The lowest BCUT2D eigenvalue weighted by Gasteiger charge is -2.45. The van der Waals surface area contributed by atoms with Crippen molar-refractivity contribution in [3.63, 3.8) is 0 Å². The molecule has 0 amide bonds. The molecule has 2 rings (SSSR count). The van der Waals surface area contributed by atoms with E-state index in [0.717, 1.165) is 0 Å². The number of hydrogen-bond donors (Lipinski definition) is 0. The van der Waals surface area contributed by atoms with Gasteiger partial charge in [0.15, 0.2) is 0 Å². The van der Waals surface area contributed by atoms with Crippen LogP contribution >= 0.6 is 31.7 Å². The Bertz CT molecular complexity index is 1290. The van der Waals surface area contributed by atoms with Gasteiger partial charge in [0.2, 0.25) is 0 Å². The average Bonchev–Trinajstić information content (AvgIpc) is 2.87. The number of hydrogen-bond acceptors (Lipinski definition) is 0. The first kappa shape index (κ1) is 48.3. The molecule has 0 fully saturated rings. The van der Waals surface area contributed by atoms with E-state index in [0.29, 0.717) is 0 Å². The highest BCUT2D eigenvalue weighted by atomic mass is 31.1. The third kappa shape index (κ3) is 13.1. The summed E-state index contributed by atoms with van der Waals surface area (Å²) < 4.78 is 0. The van der Waals surface area contributed by atoms with Crippen LogP contribution in [0.2, 0.25) is 0 Å². The molecule has 52 heavy (non-hydrogen) atoms. The summed E-state index contributed by atoms with van der Waals surface area (Å²) in [5.41, 5.74) is 9.60. The van der Waals surface area contributed by atoms with Crippen LogP contribution in [-0.2, 0) is 24.6 Å². The Labute approximate surface area is 332 Å². The van der Waals surface area contributed by atoms with Crippen molar-refractivity contribution in [3.05, 3.63) is 58.7 Å². The zero-order valence-corrected chi connectivity index (χ0v) is 42.7. The summed E-state index contributed by atoms with van der Waals surface area (Å²) in [5.74, 6) is 0. The van der Waals surface area contributed by atoms with E-state index in [2.05, 4.69) is 203 Å². The molecule has 0 aliphatic carbocycles. The van der Waals surface area contributed by atoms with Crippen molar-refractivity contribution in [3.8, 4) is 11.1 Å². The van der Waals surface area contributed by atoms with Crippen molar-refractivity contribution in [2.24, 2.45) is 0 Å².